The van der Waals surface area contributed by atoms with E-state index in [4.69, 9.17) is 17.3 Å². The fourth-order valence-corrected chi connectivity index (χ4v) is 3.27. The van der Waals surface area contributed by atoms with Crippen LogP contribution in [0.4, 0.5) is 0 Å². The maximum atomic E-state index is 6.41. The lowest BCUT2D eigenvalue weighted by molar-refractivity contribution is 0.153. The van der Waals surface area contributed by atoms with Gasteiger partial charge in [-0.05, 0) is 38.2 Å². The first kappa shape index (κ1) is 18.2. The van der Waals surface area contributed by atoms with E-state index >= 15 is 0 Å². The van der Waals surface area contributed by atoms with Crippen LogP contribution >= 0.6 is 11.6 Å². The van der Waals surface area contributed by atoms with Crippen LogP contribution in [0.2, 0.25) is 5.02 Å². The molecule has 6 nitrogen and oxygen atoms in total. The Balaban J connectivity index is 1.46. The Hall–Kier alpha value is -1.60. The fraction of sp³-hybridized carbons (Fsp3) is 0.500. The number of hydrogen-bond acceptors (Lipinski definition) is 6. The topological polar surface area (TPSA) is 68.9 Å². The Labute approximate surface area is 154 Å². The first-order chi connectivity index (χ1) is 12.0. The highest BCUT2D eigenvalue weighted by Crippen LogP contribution is 2.22. The van der Waals surface area contributed by atoms with Crippen LogP contribution in [0.3, 0.4) is 0 Å². The molecule has 3 rings (SSSR count). The second-order valence-corrected chi connectivity index (χ2v) is 7.12. The minimum atomic E-state index is -0.987. The number of hydrogen-bond donors (Lipinski definition) is 3. The number of aliphatic imine (C=N–C) groups is 1. The summed E-state index contributed by atoms with van der Waals surface area (Å²) in [5.74, 6) is -0.102. The second kappa shape index (κ2) is 8.19. The van der Waals surface area contributed by atoms with Crippen LogP contribution in [0.5, 0.6) is 0 Å². The quantitative estimate of drug-likeness (QED) is 0.662. The molecular weight excluding hydrogens is 336 g/mol. The zero-order chi connectivity index (χ0) is 17.7. The number of nitrogens with two attached hydrogens (primary N) is 1. The number of halogens is 1. The van der Waals surface area contributed by atoms with E-state index < -0.39 is 5.79 Å². The molecule has 2 aliphatic heterocycles. The lowest BCUT2D eigenvalue weighted by Crippen LogP contribution is -2.52. The van der Waals surface area contributed by atoms with Gasteiger partial charge in [0.2, 0.25) is 5.79 Å². The molecule has 0 spiro atoms. The van der Waals surface area contributed by atoms with Gasteiger partial charge in [0, 0.05) is 49.5 Å². The molecule has 1 fully saturated rings. The molecule has 136 valence electrons. The summed E-state index contributed by atoms with van der Waals surface area (Å²) >= 11 is 6.07. The van der Waals surface area contributed by atoms with Crippen LogP contribution in [0.1, 0.15) is 12.0 Å². The van der Waals surface area contributed by atoms with Crippen molar-refractivity contribution in [3.8, 4) is 0 Å². The minimum Gasteiger partial charge on any atom is -0.372 e. The molecule has 0 saturated carbocycles. The molecule has 1 atom stereocenters. The van der Waals surface area contributed by atoms with Crippen molar-refractivity contribution >= 4 is 17.8 Å². The molecule has 2 heterocycles. The van der Waals surface area contributed by atoms with E-state index in [1.165, 1.54) is 0 Å². The standard InChI is InChI=1S/C18H27ClN6/c1-24-10-12-25(13-11-24)9-3-7-21-17-6-8-22-18(20,23-17)15-4-2-5-16(19)14-15/h2,4-6,8,14,21,23H,3,7,9-13,20H2,1H3. The molecule has 0 bridgehead atoms. The summed E-state index contributed by atoms with van der Waals surface area (Å²) in [7, 11) is 2.18. The number of nitrogens with zero attached hydrogens (tertiary/aromatic N) is 3. The number of piperazine rings is 1. The van der Waals surface area contributed by atoms with Gasteiger partial charge in [-0.2, -0.15) is 0 Å². The Kier molecular flexibility index (Phi) is 5.96. The average Bonchev–Trinajstić information content (AvgIpc) is 2.60. The Morgan fingerprint density at radius 3 is 2.88 bits per heavy atom. The summed E-state index contributed by atoms with van der Waals surface area (Å²) in [6, 6.07) is 7.47. The normalized spacial score (nSPS) is 24.7. The SMILES string of the molecule is CN1CCN(CCCNC2=CC=NC(N)(c3cccc(Cl)c3)N2)CC1. The molecule has 1 aromatic rings. The van der Waals surface area contributed by atoms with Crippen molar-refractivity contribution in [3.63, 3.8) is 0 Å². The molecule has 1 saturated heterocycles. The van der Waals surface area contributed by atoms with Crippen LogP contribution in [0.15, 0.2) is 41.2 Å². The van der Waals surface area contributed by atoms with Gasteiger partial charge < -0.3 is 20.4 Å². The smallest absolute Gasteiger partial charge is 0.210 e. The molecule has 7 heteroatoms. The Morgan fingerprint density at radius 1 is 1.32 bits per heavy atom. The number of likely N-dealkylation sites (N-methyl/N-ethyl adjacent to an activating group) is 1. The van der Waals surface area contributed by atoms with Gasteiger partial charge in [0.15, 0.2) is 0 Å². The number of benzene rings is 1. The highest BCUT2D eigenvalue weighted by Gasteiger charge is 2.28. The molecule has 4 N–H and O–H groups in total. The lowest BCUT2D eigenvalue weighted by Gasteiger charge is -2.33. The zero-order valence-corrected chi connectivity index (χ0v) is 15.5. The zero-order valence-electron chi connectivity index (χ0n) is 14.7. The molecule has 1 aromatic carbocycles. The maximum Gasteiger partial charge on any atom is 0.210 e. The summed E-state index contributed by atoms with van der Waals surface area (Å²) in [4.78, 5) is 9.28. The highest BCUT2D eigenvalue weighted by molar-refractivity contribution is 6.30. The highest BCUT2D eigenvalue weighted by atomic mass is 35.5. The first-order valence-corrected chi connectivity index (χ1v) is 9.16. The van der Waals surface area contributed by atoms with Crippen molar-refractivity contribution in [2.45, 2.75) is 12.2 Å². The first-order valence-electron chi connectivity index (χ1n) is 8.78. The van der Waals surface area contributed by atoms with Gasteiger partial charge in [0.1, 0.15) is 5.82 Å². The van der Waals surface area contributed by atoms with E-state index in [9.17, 15) is 0 Å². The molecular formula is C18H27ClN6. The molecule has 2 aliphatic rings. The summed E-state index contributed by atoms with van der Waals surface area (Å²) < 4.78 is 0. The maximum absolute atomic E-state index is 6.41. The van der Waals surface area contributed by atoms with Gasteiger partial charge >= 0.3 is 0 Å². The van der Waals surface area contributed by atoms with Gasteiger partial charge in [-0.3, -0.25) is 5.73 Å². The average molecular weight is 363 g/mol. The van der Waals surface area contributed by atoms with Gasteiger partial charge in [0.25, 0.3) is 0 Å². The van der Waals surface area contributed by atoms with Gasteiger partial charge in [-0.25, -0.2) is 4.99 Å². The molecule has 25 heavy (non-hydrogen) atoms. The Bertz CT molecular complexity index is 638. The van der Waals surface area contributed by atoms with E-state index in [-0.39, 0.29) is 0 Å². The predicted octanol–water partition coefficient (Wildman–Crippen LogP) is 1.15. The van der Waals surface area contributed by atoms with Gasteiger partial charge in [0.05, 0.1) is 0 Å². The molecule has 0 aromatic heterocycles. The van der Waals surface area contributed by atoms with Crippen LogP contribution in [-0.2, 0) is 5.79 Å². The van der Waals surface area contributed by atoms with E-state index in [2.05, 4.69) is 32.5 Å². The number of rotatable bonds is 6. The van der Waals surface area contributed by atoms with Crippen molar-refractivity contribution in [1.29, 1.82) is 0 Å². The van der Waals surface area contributed by atoms with Crippen molar-refractivity contribution in [2.24, 2.45) is 10.7 Å². The molecule has 1 unspecified atom stereocenters. The third kappa shape index (κ3) is 4.95. The third-order valence-electron chi connectivity index (χ3n) is 4.67. The summed E-state index contributed by atoms with van der Waals surface area (Å²) in [6.45, 7) is 6.64. The van der Waals surface area contributed by atoms with Gasteiger partial charge in [-0.1, -0.05) is 23.7 Å². The van der Waals surface area contributed by atoms with Gasteiger partial charge in [-0.15, -0.1) is 0 Å². The minimum absolute atomic E-state index is 0.649. The monoisotopic (exact) mass is 362 g/mol. The second-order valence-electron chi connectivity index (χ2n) is 6.69. The van der Waals surface area contributed by atoms with E-state index in [0.717, 1.165) is 57.1 Å². The van der Waals surface area contributed by atoms with Crippen molar-refractivity contribution < 1.29 is 0 Å². The molecule has 0 amide bonds. The van der Waals surface area contributed by atoms with E-state index in [1.54, 1.807) is 6.21 Å². The summed E-state index contributed by atoms with van der Waals surface area (Å²) in [5.41, 5.74) is 7.25. The lowest BCUT2D eigenvalue weighted by atomic mass is 10.1. The van der Waals surface area contributed by atoms with E-state index in [1.807, 2.05) is 30.3 Å². The number of allylic oxidation sites excluding steroid dienone is 1. The van der Waals surface area contributed by atoms with Crippen LogP contribution in [-0.4, -0.2) is 62.3 Å². The molecule has 0 aliphatic carbocycles. The van der Waals surface area contributed by atoms with Crippen molar-refractivity contribution in [3.05, 3.63) is 46.7 Å². The van der Waals surface area contributed by atoms with Crippen LogP contribution < -0.4 is 16.4 Å². The summed E-state index contributed by atoms with van der Waals surface area (Å²) in [5, 5.41) is 7.34. The third-order valence-corrected chi connectivity index (χ3v) is 4.91. The largest absolute Gasteiger partial charge is 0.372 e. The fourth-order valence-electron chi connectivity index (χ4n) is 3.08. The van der Waals surface area contributed by atoms with Crippen molar-refractivity contribution in [1.82, 2.24) is 20.4 Å². The van der Waals surface area contributed by atoms with E-state index in [0.29, 0.717) is 5.02 Å². The molecule has 0 radical (unpaired) electrons. The van der Waals surface area contributed by atoms with Crippen LogP contribution in [0.25, 0.3) is 0 Å². The predicted molar refractivity (Wildman–Crippen MR) is 104 cm³/mol. The van der Waals surface area contributed by atoms with Crippen molar-refractivity contribution in [2.75, 3.05) is 46.3 Å². The number of nitrogens with one attached hydrogen (secondary N) is 2. The Morgan fingerprint density at radius 2 is 2.12 bits per heavy atom. The summed E-state index contributed by atoms with van der Waals surface area (Å²) in [6.07, 6.45) is 4.74. The van der Waals surface area contributed by atoms with Crippen LogP contribution in [0, 0.1) is 0 Å².